The summed E-state index contributed by atoms with van der Waals surface area (Å²) in [6.07, 6.45) is 0.550. The van der Waals surface area contributed by atoms with Gasteiger partial charge >= 0.3 is 6.09 Å². The summed E-state index contributed by atoms with van der Waals surface area (Å²) in [4.78, 5) is 32.0. The number of carbonyl (C=O) groups excluding carboxylic acids is 2. The van der Waals surface area contributed by atoms with E-state index >= 15 is 0 Å². The molecule has 2 amide bonds. The molecule has 7 heteroatoms. The molecule has 0 unspecified atom stereocenters. The number of hydrogen-bond acceptors (Lipinski definition) is 5. The number of rotatable bonds is 2. The molecule has 2 fully saturated rings. The van der Waals surface area contributed by atoms with Crippen LogP contribution in [0.4, 0.5) is 4.79 Å². The van der Waals surface area contributed by atoms with Gasteiger partial charge in [-0.15, -0.1) is 11.3 Å². The second-order valence-corrected chi connectivity index (χ2v) is 6.42. The number of carbonyl (C=O) groups is 2. The molecule has 0 radical (unpaired) electrons. The van der Waals surface area contributed by atoms with Gasteiger partial charge < -0.3 is 9.64 Å². The smallest absolute Gasteiger partial charge is 0.410 e. The third-order valence-corrected chi connectivity index (χ3v) is 5.05. The van der Waals surface area contributed by atoms with Gasteiger partial charge in [-0.1, -0.05) is 0 Å². The quantitative estimate of drug-likeness (QED) is 0.849. The van der Waals surface area contributed by atoms with Gasteiger partial charge in [-0.2, -0.15) is 0 Å². The number of hydrogen-bond donors (Lipinski definition) is 0. The van der Waals surface area contributed by atoms with Gasteiger partial charge in [-0.05, 0) is 24.6 Å². The Bertz CT molecular complexity index is 744. The van der Waals surface area contributed by atoms with E-state index in [4.69, 9.17) is 4.74 Å². The maximum Gasteiger partial charge on any atom is 0.410 e. The molecule has 1 aromatic carbocycles. The molecule has 0 saturated carbocycles. The van der Waals surface area contributed by atoms with E-state index in [1.54, 1.807) is 10.4 Å². The Morgan fingerprint density at radius 3 is 3.09 bits per heavy atom. The van der Waals surface area contributed by atoms with Gasteiger partial charge in [-0.3, -0.25) is 9.69 Å². The molecular formula is C15H15N3O3S. The first-order valence-corrected chi connectivity index (χ1v) is 8.16. The SMILES string of the molecule is O=C(c1ccc2ncsc2c1)N1CC[C@H](N2CCOC2=O)C1. The van der Waals surface area contributed by atoms with Crippen molar-refractivity contribution in [2.45, 2.75) is 12.5 Å². The van der Waals surface area contributed by atoms with Crippen molar-refractivity contribution in [2.75, 3.05) is 26.2 Å². The van der Waals surface area contributed by atoms with E-state index in [1.807, 2.05) is 23.1 Å². The molecule has 1 aromatic heterocycles. The van der Waals surface area contributed by atoms with E-state index in [1.165, 1.54) is 11.3 Å². The maximum atomic E-state index is 12.6. The summed E-state index contributed by atoms with van der Waals surface area (Å²) in [5.41, 5.74) is 3.38. The molecule has 1 atom stereocenters. The van der Waals surface area contributed by atoms with E-state index in [0.29, 0.717) is 31.8 Å². The summed E-state index contributed by atoms with van der Waals surface area (Å²) in [6, 6.07) is 5.67. The van der Waals surface area contributed by atoms with Crippen LogP contribution < -0.4 is 0 Å². The average Bonchev–Trinajstić information content (AvgIpc) is 3.25. The summed E-state index contributed by atoms with van der Waals surface area (Å²) in [7, 11) is 0. The lowest BCUT2D eigenvalue weighted by molar-refractivity contribution is 0.0780. The molecule has 0 aliphatic carbocycles. The van der Waals surface area contributed by atoms with Gasteiger partial charge in [0.1, 0.15) is 6.61 Å². The van der Waals surface area contributed by atoms with E-state index in [9.17, 15) is 9.59 Å². The lowest BCUT2D eigenvalue weighted by atomic mass is 10.2. The van der Waals surface area contributed by atoms with Crippen LogP contribution in [0.1, 0.15) is 16.8 Å². The molecule has 2 saturated heterocycles. The van der Waals surface area contributed by atoms with Crippen LogP contribution in [0.5, 0.6) is 0 Å². The lowest BCUT2D eigenvalue weighted by Gasteiger charge is -2.21. The van der Waals surface area contributed by atoms with Crippen molar-refractivity contribution in [2.24, 2.45) is 0 Å². The monoisotopic (exact) mass is 317 g/mol. The standard InChI is InChI=1S/C15H15N3O3S/c19-14(10-1-2-12-13(7-10)22-9-16-12)17-4-3-11(8-17)18-5-6-21-15(18)20/h1-2,7,9,11H,3-6,8H2/t11-/m0/s1. The zero-order valence-electron chi connectivity index (χ0n) is 11.9. The number of benzene rings is 1. The van der Waals surface area contributed by atoms with Gasteiger partial charge in [0.15, 0.2) is 0 Å². The zero-order valence-corrected chi connectivity index (χ0v) is 12.7. The van der Waals surface area contributed by atoms with Crippen LogP contribution in [-0.2, 0) is 4.74 Å². The number of thiazole rings is 1. The summed E-state index contributed by atoms with van der Waals surface area (Å²) in [5.74, 6) is 0.0189. The Morgan fingerprint density at radius 1 is 1.36 bits per heavy atom. The van der Waals surface area contributed by atoms with Crippen LogP contribution in [-0.4, -0.2) is 59.1 Å². The topological polar surface area (TPSA) is 62.7 Å². The van der Waals surface area contributed by atoms with Crippen LogP contribution in [0.15, 0.2) is 23.7 Å². The highest BCUT2D eigenvalue weighted by Gasteiger charge is 2.36. The molecule has 0 spiro atoms. The fourth-order valence-electron chi connectivity index (χ4n) is 3.09. The number of cyclic esters (lactones) is 1. The Hall–Kier alpha value is -2.15. The number of fused-ring (bicyclic) bond motifs is 1. The van der Waals surface area contributed by atoms with Gasteiger partial charge in [0.25, 0.3) is 5.91 Å². The Balaban J connectivity index is 1.50. The molecule has 4 rings (SSSR count). The number of aromatic nitrogens is 1. The minimum atomic E-state index is -0.259. The van der Waals surface area contributed by atoms with Crippen molar-refractivity contribution in [1.29, 1.82) is 0 Å². The average molecular weight is 317 g/mol. The van der Waals surface area contributed by atoms with Crippen molar-refractivity contribution >= 4 is 33.6 Å². The molecule has 2 aromatic rings. The molecule has 3 heterocycles. The number of nitrogens with zero attached hydrogens (tertiary/aromatic N) is 3. The summed E-state index contributed by atoms with van der Waals surface area (Å²) < 4.78 is 5.99. The summed E-state index contributed by atoms with van der Waals surface area (Å²) in [6.45, 7) is 2.33. The minimum Gasteiger partial charge on any atom is -0.448 e. The number of ether oxygens (including phenoxy) is 1. The van der Waals surface area contributed by atoms with Gasteiger partial charge in [-0.25, -0.2) is 9.78 Å². The first-order valence-electron chi connectivity index (χ1n) is 7.28. The molecule has 6 nitrogen and oxygen atoms in total. The predicted molar refractivity (Wildman–Crippen MR) is 82.0 cm³/mol. The van der Waals surface area contributed by atoms with Gasteiger partial charge in [0, 0.05) is 18.7 Å². The number of likely N-dealkylation sites (tertiary alicyclic amines) is 1. The fraction of sp³-hybridized carbons (Fsp3) is 0.400. The van der Waals surface area contributed by atoms with Crippen LogP contribution in [0.3, 0.4) is 0 Å². The molecule has 2 aliphatic heterocycles. The summed E-state index contributed by atoms with van der Waals surface area (Å²) >= 11 is 1.53. The van der Waals surface area contributed by atoms with E-state index < -0.39 is 0 Å². The van der Waals surface area contributed by atoms with E-state index in [2.05, 4.69) is 4.98 Å². The van der Waals surface area contributed by atoms with Crippen molar-refractivity contribution in [3.05, 3.63) is 29.3 Å². The van der Waals surface area contributed by atoms with Crippen LogP contribution in [0, 0.1) is 0 Å². The highest BCUT2D eigenvalue weighted by atomic mass is 32.1. The number of amides is 2. The molecule has 0 bridgehead atoms. The van der Waals surface area contributed by atoms with Crippen molar-refractivity contribution in [3.63, 3.8) is 0 Å². The zero-order chi connectivity index (χ0) is 15.1. The van der Waals surface area contributed by atoms with Crippen LogP contribution >= 0.6 is 11.3 Å². The molecule has 22 heavy (non-hydrogen) atoms. The second-order valence-electron chi connectivity index (χ2n) is 5.54. The molecule has 2 aliphatic rings. The van der Waals surface area contributed by atoms with Crippen LogP contribution in [0.2, 0.25) is 0 Å². The van der Waals surface area contributed by atoms with Gasteiger partial charge in [0.05, 0.1) is 28.3 Å². The van der Waals surface area contributed by atoms with Crippen molar-refractivity contribution < 1.29 is 14.3 Å². The van der Waals surface area contributed by atoms with E-state index in [-0.39, 0.29) is 18.0 Å². The summed E-state index contributed by atoms with van der Waals surface area (Å²) in [5, 5.41) is 0. The largest absolute Gasteiger partial charge is 0.448 e. The highest BCUT2D eigenvalue weighted by molar-refractivity contribution is 7.16. The first-order chi connectivity index (χ1) is 10.7. The highest BCUT2D eigenvalue weighted by Crippen LogP contribution is 2.23. The lowest BCUT2D eigenvalue weighted by Crippen LogP contribution is -2.39. The third-order valence-electron chi connectivity index (χ3n) is 4.26. The predicted octanol–water partition coefficient (Wildman–Crippen LogP) is 1.96. The normalized spacial score (nSPS) is 21.6. The molecule has 114 valence electrons. The van der Waals surface area contributed by atoms with Crippen LogP contribution in [0.25, 0.3) is 10.2 Å². The fourth-order valence-corrected chi connectivity index (χ4v) is 3.80. The van der Waals surface area contributed by atoms with Crippen molar-refractivity contribution in [3.8, 4) is 0 Å². The minimum absolute atomic E-state index is 0.0189. The third kappa shape index (κ3) is 2.21. The Kier molecular flexibility index (Phi) is 3.22. The first kappa shape index (κ1) is 13.5. The van der Waals surface area contributed by atoms with Gasteiger partial charge in [0.2, 0.25) is 0 Å². The second kappa shape index (κ2) is 5.24. The maximum absolute atomic E-state index is 12.6. The molecular weight excluding hydrogens is 302 g/mol. The van der Waals surface area contributed by atoms with E-state index in [0.717, 1.165) is 16.6 Å². The Labute approximate surface area is 131 Å². The molecule has 0 N–H and O–H groups in total. The Morgan fingerprint density at radius 2 is 2.27 bits per heavy atom. The van der Waals surface area contributed by atoms with Crippen molar-refractivity contribution in [1.82, 2.24) is 14.8 Å².